The Bertz CT molecular complexity index is 1290. The summed E-state index contributed by atoms with van der Waals surface area (Å²) in [6.07, 6.45) is 6.63. The summed E-state index contributed by atoms with van der Waals surface area (Å²) in [4.78, 5) is 2.67. The largest absolute Gasteiger partial charge is 0.507 e. The highest BCUT2D eigenvalue weighted by Crippen LogP contribution is 2.47. The maximum Gasteiger partial charge on any atom is 0.264 e. The number of hydrogen-bond donors (Lipinski definition) is 4. The molecule has 0 spiro atoms. The van der Waals surface area contributed by atoms with E-state index in [1.165, 1.54) is 0 Å². The second kappa shape index (κ2) is 10.5. The van der Waals surface area contributed by atoms with Crippen LogP contribution < -0.4 is 4.90 Å². The number of hydrogen-bond acceptors (Lipinski definition) is 6. The molecule has 0 aliphatic carbocycles. The van der Waals surface area contributed by atoms with Gasteiger partial charge in [0, 0.05) is 39.4 Å². The topological polar surface area (TPSA) is 98.1 Å². The molecule has 3 rings (SSSR count). The maximum atomic E-state index is 11.2. The molecule has 2 aromatic rings. The fourth-order valence-corrected chi connectivity index (χ4v) is 5.72. The number of fused-ring (bicyclic) bond motifs is 1. The molecule has 3 N–H and O–H groups in total. The molecule has 0 fully saturated rings. The van der Waals surface area contributed by atoms with Gasteiger partial charge in [-0.25, -0.2) is 0 Å². The van der Waals surface area contributed by atoms with Crippen molar-refractivity contribution in [2.24, 2.45) is 0 Å². The first-order valence-corrected chi connectivity index (χ1v) is 13.7. The molecule has 0 unspecified atom stereocenters. The van der Waals surface area contributed by atoms with Crippen LogP contribution in [0, 0.1) is 0 Å². The predicted octanol–water partition coefficient (Wildman–Crippen LogP) is 5.64. The summed E-state index contributed by atoms with van der Waals surface area (Å²) < 4.78 is 31.6. The Hall–Kier alpha value is -2.64. The zero-order chi connectivity index (χ0) is 26.0. The van der Waals surface area contributed by atoms with E-state index < -0.39 is 10.1 Å². The number of para-hydroxylation sites is 1. The van der Waals surface area contributed by atoms with Crippen LogP contribution in [0.1, 0.15) is 56.4 Å². The van der Waals surface area contributed by atoms with Gasteiger partial charge in [0.2, 0.25) is 0 Å². The average molecular weight is 516 g/mol. The number of phenols is 2. The van der Waals surface area contributed by atoms with Crippen LogP contribution in [0.4, 0.5) is 5.69 Å². The monoisotopic (exact) mass is 515 g/mol. The number of aromatic hydroxyl groups is 2. The minimum Gasteiger partial charge on any atom is -0.507 e. The van der Waals surface area contributed by atoms with Gasteiger partial charge in [-0.15, -0.1) is 18.4 Å². The molecule has 0 atom stereocenters. The average Bonchev–Trinajstić information content (AvgIpc) is 2.99. The van der Waals surface area contributed by atoms with Gasteiger partial charge in [-0.3, -0.25) is 4.55 Å². The molecule has 0 saturated carbocycles. The van der Waals surface area contributed by atoms with Gasteiger partial charge < -0.3 is 15.1 Å². The Balaban J connectivity index is 2.02. The lowest BCUT2D eigenvalue weighted by atomic mass is 9.84. The minimum absolute atomic E-state index is 0.00111. The van der Waals surface area contributed by atoms with Gasteiger partial charge in [-0.1, -0.05) is 45.9 Å². The summed E-state index contributed by atoms with van der Waals surface area (Å²) >= 11 is 4.50. The Labute approximate surface area is 213 Å². The standard InChI is InChI=1S/C27H33NO5S2/c1-5-18-24(29)20(25(30)19(6-2)26(18)34)12-7-10-15-23-27(3,4)21-13-8-9-14-22(21)28(23)16-11-17-35(31,32)33/h8-10,12-15,29-30,34H,5-6,11,16-17H2,1-4H3,(H,31,32,33). The summed E-state index contributed by atoms with van der Waals surface area (Å²) in [6, 6.07) is 7.97. The first kappa shape index (κ1) is 27.0. The first-order chi connectivity index (χ1) is 16.4. The van der Waals surface area contributed by atoms with Crippen LogP contribution in [-0.2, 0) is 28.4 Å². The second-order valence-corrected chi connectivity index (χ2v) is 11.1. The van der Waals surface area contributed by atoms with Crippen molar-refractivity contribution >= 4 is 34.5 Å². The highest BCUT2D eigenvalue weighted by molar-refractivity contribution is 7.85. The molecule has 1 aliphatic heterocycles. The van der Waals surface area contributed by atoms with Gasteiger partial charge in [-0.2, -0.15) is 8.42 Å². The Morgan fingerprint density at radius 1 is 1.09 bits per heavy atom. The third-order valence-corrected chi connectivity index (χ3v) is 7.85. The lowest BCUT2D eigenvalue weighted by Gasteiger charge is -2.26. The van der Waals surface area contributed by atoms with Gasteiger partial charge >= 0.3 is 0 Å². The van der Waals surface area contributed by atoms with Crippen LogP contribution in [0.25, 0.3) is 6.08 Å². The number of thiol groups is 1. The van der Waals surface area contributed by atoms with Gasteiger partial charge in [0.25, 0.3) is 10.1 Å². The third kappa shape index (κ3) is 5.46. The van der Waals surface area contributed by atoms with Crippen molar-refractivity contribution in [1.29, 1.82) is 0 Å². The normalized spacial score (nSPS) is 15.7. The van der Waals surface area contributed by atoms with E-state index in [4.69, 9.17) is 4.55 Å². The fourth-order valence-electron chi connectivity index (χ4n) is 4.70. The minimum atomic E-state index is -4.04. The van der Waals surface area contributed by atoms with Crippen LogP contribution in [0.15, 0.2) is 52.7 Å². The summed E-state index contributed by atoms with van der Waals surface area (Å²) in [5.74, 6) is -0.309. The van der Waals surface area contributed by atoms with E-state index in [9.17, 15) is 18.6 Å². The van der Waals surface area contributed by atoms with E-state index in [1.54, 1.807) is 12.2 Å². The lowest BCUT2D eigenvalue weighted by molar-refractivity contribution is 0.436. The van der Waals surface area contributed by atoms with Gasteiger partial charge in [0.05, 0.1) is 11.3 Å². The fraction of sp³-hybridized carbons (Fsp3) is 0.370. The molecule has 8 heteroatoms. The molecular formula is C27H33NO5S2. The highest BCUT2D eigenvalue weighted by Gasteiger charge is 2.39. The molecule has 0 saturated heterocycles. The molecule has 0 amide bonds. The number of benzene rings is 2. The van der Waals surface area contributed by atoms with E-state index in [0.29, 0.717) is 41.0 Å². The zero-order valence-corrected chi connectivity index (χ0v) is 22.2. The van der Waals surface area contributed by atoms with Crippen LogP contribution in [0.3, 0.4) is 0 Å². The van der Waals surface area contributed by atoms with Crippen molar-refractivity contribution in [3.05, 3.63) is 70.1 Å². The molecule has 0 aromatic heterocycles. The molecule has 1 aliphatic rings. The van der Waals surface area contributed by atoms with E-state index in [0.717, 1.165) is 16.9 Å². The molecule has 2 aromatic carbocycles. The zero-order valence-electron chi connectivity index (χ0n) is 20.5. The van der Waals surface area contributed by atoms with E-state index in [1.807, 2.05) is 38.1 Å². The van der Waals surface area contributed by atoms with Crippen molar-refractivity contribution in [3.63, 3.8) is 0 Å². The Morgan fingerprint density at radius 3 is 2.26 bits per heavy atom. The molecular weight excluding hydrogens is 482 g/mol. The van der Waals surface area contributed by atoms with Crippen molar-refractivity contribution < 1.29 is 23.2 Å². The number of anilines is 1. The van der Waals surface area contributed by atoms with Crippen LogP contribution in [0.5, 0.6) is 11.5 Å². The molecule has 188 valence electrons. The molecule has 6 nitrogen and oxygen atoms in total. The summed E-state index contributed by atoms with van der Waals surface area (Å²) in [7, 11) is -4.04. The maximum absolute atomic E-state index is 11.2. The Morgan fingerprint density at radius 2 is 1.69 bits per heavy atom. The molecule has 0 radical (unpaired) electrons. The van der Waals surface area contributed by atoms with Gasteiger partial charge in [0.15, 0.2) is 0 Å². The van der Waals surface area contributed by atoms with Crippen LogP contribution >= 0.6 is 12.6 Å². The van der Waals surface area contributed by atoms with Crippen LogP contribution in [0.2, 0.25) is 0 Å². The van der Waals surface area contributed by atoms with Crippen molar-refractivity contribution in [2.45, 2.75) is 57.3 Å². The molecule has 0 bridgehead atoms. The smallest absolute Gasteiger partial charge is 0.264 e. The van der Waals surface area contributed by atoms with Gasteiger partial charge in [-0.05, 0) is 49.1 Å². The SMILES string of the molecule is CCc1c(O)c(C=C=CC=C2N(CCCS(=O)(=O)O)c3ccccc3C2(C)C)c(O)c(CC)c1S. The molecule has 1 heterocycles. The molecule has 35 heavy (non-hydrogen) atoms. The Kier molecular flexibility index (Phi) is 8.12. The summed E-state index contributed by atoms with van der Waals surface area (Å²) in [5.41, 5.74) is 7.48. The van der Waals surface area contributed by atoms with Crippen LogP contribution in [-0.4, -0.2) is 35.5 Å². The third-order valence-electron chi connectivity index (χ3n) is 6.51. The number of allylic oxidation sites excluding steroid dienone is 3. The predicted molar refractivity (Wildman–Crippen MR) is 144 cm³/mol. The van der Waals surface area contributed by atoms with Gasteiger partial charge in [0.1, 0.15) is 11.5 Å². The highest BCUT2D eigenvalue weighted by atomic mass is 32.2. The van der Waals surface area contributed by atoms with E-state index in [2.05, 4.69) is 43.2 Å². The summed E-state index contributed by atoms with van der Waals surface area (Å²) in [5, 5.41) is 21.4. The van der Waals surface area contributed by atoms with Crippen molar-refractivity contribution in [2.75, 3.05) is 17.2 Å². The quantitative estimate of drug-likeness (QED) is 0.206. The lowest BCUT2D eigenvalue weighted by Crippen LogP contribution is -2.28. The number of phenolic OH excluding ortho intramolecular Hbond substituents is 2. The van der Waals surface area contributed by atoms with E-state index >= 15 is 0 Å². The van der Waals surface area contributed by atoms with Crippen molar-refractivity contribution in [1.82, 2.24) is 0 Å². The number of nitrogens with zero attached hydrogens (tertiary/aromatic N) is 1. The number of rotatable bonds is 8. The second-order valence-electron chi connectivity index (χ2n) is 9.09. The first-order valence-electron chi connectivity index (χ1n) is 11.7. The van der Waals surface area contributed by atoms with E-state index in [-0.39, 0.29) is 29.1 Å². The summed E-state index contributed by atoms with van der Waals surface area (Å²) in [6.45, 7) is 8.48. The van der Waals surface area contributed by atoms with Crippen molar-refractivity contribution in [3.8, 4) is 11.5 Å².